The van der Waals surface area contributed by atoms with Crippen LogP contribution in [-0.4, -0.2) is 15.5 Å². The molecule has 1 unspecified atom stereocenters. The van der Waals surface area contributed by atoms with Crippen molar-refractivity contribution in [3.63, 3.8) is 0 Å². The third-order valence-corrected chi connectivity index (χ3v) is 3.50. The molecule has 0 saturated heterocycles. The predicted molar refractivity (Wildman–Crippen MR) is 32.5 cm³/mol. The SMILES string of the molecule is CCC[O][Zr][CH](O)CC. The van der Waals surface area contributed by atoms with Crippen molar-refractivity contribution in [3.05, 3.63) is 0 Å². The summed E-state index contributed by atoms with van der Waals surface area (Å²) in [5.41, 5.74) is 0. The molecular weight excluding hydrogens is 195 g/mol. The zero-order valence-electron chi connectivity index (χ0n) is 6.05. The van der Waals surface area contributed by atoms with E-state index >= 15 is 0 Å². The minimum atomic E-state index is -0.868. The molecule has 0 rings (SSSR count). The molecule has 0 aromatic rings. The summed E-state index contributed by atoms with van der Waals surface area (Å²) < 4.78 is 5.16. The van der Waals surface area contributed by atoms with E-state index < -0.39 is 23.7 Å². The molecular formula is C6H14O2Zr. The second-order valence-electron chi connectivity index (χ2n) is 1.89. The molecule has 9 heavy (non-hydrogen) atoms. The summed E-state index contributed by atoms with van der Waals surface area (Å²) in [6, 6.07) is 0. The fraction of sp³-hybridized carbons (Fsp3) is 1.00. The standard InChI is InChI=1S/2C3H7O.Zr/c2*1-2-3-4;/h2-3H2,1H3;3-4H,2H2,1H3;/q-1;;+1. The van der Waals surface area contributed by atoms with E-state index in [4.69, 9.17) is 7.92 Å². The van der Waals surface area contributed by atoms with E-state index in [2.05, 4.69) is 6.92 Å². The van der Waals surface area contributed by atoms with Crippen LogP contribution in [-0.2, 0) is 26.5 Å². The van der Waals surface area contributed by atoms with Crippen molar-refractivity contribution in [2.45, 2.75) is 30.5 Å². The summed E-state index contributed by atoms with van der Waals surface area (Å²) in [5.74, 6) is 0. The van der Waals surface area contributed by atoms with Crippen LogP contribution in [0.1, 0.15) is 26.7 Å². The van der Waals surface area contributed by atoms with Crippen LogP contribution in [0.25, 0.3) is 0 Å². The van der Waals surface area contributed by atoms with Crippen LogP contribution in [0.15, 0.2) is 0 Å². The van der Waals surface area contributed by atoms with Gasteiger partial charge in [-0.15, -0.1) is 0 Å². The molecule has 0 heterocycles. The normalized spacial score (nSPS) is 13.2. The molecule has 0 aromatic carbocycles. The van der Waals surface area contributed by atoms with E-state index in [1.165, 1.54) is 0 Å². The average molecular weight is 209 g/mol. The zero-order valence-corrected chi connectivity index (χ0v) is 8.51. The van der Waals surface area contributed by atoms with Gasteiger partial charge in [-0.1, -0.05) is 0 Å². The first-order valence-corrected chi connectivity index (χ1v) is 5.78. The molecule has 0 spiro atoms. The molecule has 54 valence electrons. The Morgan fingerprint density at radius 2 is 2.22 bits per heavy atom. The summed E-state index contributed by atoms with van der Waals surface area (Å²) in [7, 11) is 0. The third-order valence-electron chi connectivity index (χ3n) is 0.912. The van der Waals surface area contributed by atoms with Crippen LogP contribution in [0, 0.1) is 0 Å². The van der Waals surface area contributed by atoms with Crippen LogP contribution in [0.5, 0.6) is 0 Å². The molecule has 0 fully saturated rings. The van der Waals surface area contributed by atoms with Gasteiger partial charge in [0.1, 0.15) is 0 Å². The Bertz CT molecular complexity index is 59.0. The fourth-order valence-electron chi connectivity index (χ4n) is 0.341. The van der Waals surface area contributed by atoms with Crippen molar-refractivity contribution in [2.24, 2.45) is 0 Å². The van der Waals surface area contributed by atoms with E-state index in [-0.39, 0.29) is 3.81 Å². The van der Waals surface area contributed by atoms with Crippen molar-refractivity contribution in [1.82, 2.24) is 0 Å². The summed E-state index contributed by atoms with van der Waals surface area (Å²) in [6.45, 7) is 4.90. The van der Waals surface area contributed by atoms with Crippen molar-refractivity contribution >= 4 is 0 Å². The van der Waals surface area contributed by atoms with Crippen molar-refractivity contribution in [1.29, 1.82) is 0 Å². The molecule has 0 aliphatic heterocycles. The van der Waals surface area contributed by atoms with Gasteiger partial charge in [0.05, 0.1) is 0 Å². The van der Waals surface area contributed by atoms with E-state index in [0.29, 0.717) is 0 Å². The maximum atomic E-state index is 9.04. The number of aliphatic hydroxyl groups is 1. The van der Waals surface area contributed by atoms with Crippen LogP contribution >= 0.6 is 0 Å². The first kappa shape index (κ1) is 9.80. The maximum absolute atomic E-state index is 9.04. The Morgan fingerprint density at radius 1 is 1.56 bits per heavy atom. The second kappa shape index (κ2) is 6.92. The first-order valence-electron chi connectivity index (χ1n) is 3.36. The Labute approximate surface area is 68.8 Å². The summed E-state index contributed by atoms with van der Waals surface area (Å²) >= 11 is -0.868. The van der Waals surface area contributed by atoms with Gasteiger partial charge in [0.25, 0.3) is 0 Å². The van der Waals surface area contributed by atoms with Gasteiger partial charge in [0.2, 0.25) is 0 Å². The van der Waals surface area contributed by atoms with Crippen LogP contribution < -0.4 is 0 Å². The molecule has 0 amide bonds. The number of aliphatic hydroxyl groups excluding tert-OH is 1. The zero-order chi connectivity index (χ0) is 7.11. The molecule has 0 aliphatic rings. The first-order chi connectivity index (χ1) is 4.31. The van der Waals surface area contributed by atoms with Gasteiger partial charge >= 0.3 is 68.7 Å². The quantitative estimate of drug-likeness (QED) is 0.688. The molecule has 1 atom stereocenters. The third kappa shape index (κ3) is 6.69. The molecule has 1 N–H and O–H groups in total. The van der Waals surface area contributed by atoms with Crippen LogP contribution in [0.4, 0.5) is 0 Å². The Kier molecular flexibility index (Phi) is 7.53. The molecule has 2 nitrogen and oxygen atoms in total. The van der Waals surface area contributed by atoms with E-state index in [9.17, 15) is 0 Å². The number of rotatable bonds is 5. The van der Waals surface area contributed by atoms with Gasteiger partial charge in [0.15, 0.2) is 0 Å². The second-order valence-corrected chi connectivity index (χ2v) is 4.82. The van der Waals surface area contributed by atoms with Crippen molar-refractivity contribution < 1.29 is 31.6 Å². The molecule has 0 aromatic heterocycles. The summed E-state index contributed by atoms with van der Waals surface area (Å²) in [5, 5.41) is 9.04. The average Bonchev–Trinajstić information content (AvgIpc) is 1.89. The van der Waals surface area contributed by atoms with Crippen molar-refractivity contribution in [3.8, 4) is 0 Å². The van der Waals surface area contributed by atoms with Crippen molar-refractivity contribution in [2.75, 3.05) is 6.61 Å². The minimum absolute atomic E-state index is 0.0971. The summed E-state index contributed by atoms with van der Waals surface area (Å²) in [6.07, 6.45) is 1.92. The molecule has 3 heteroatoms. The Morgan fingerprint density at radius 3 is 2.67 bits per heavy atom. The van der Waals surface area contributed by atoms with Gasteiger partial charge in [-0.05, 0) is 0 Å². The molecule has 0 radical (unpaired) electrons. The molecule has 0 bridgehead atoms. The topological polar surface area (TPSA) is 29.5 Å². The van der Waals surface area contributed by atoms with Gasteiger partial charge in [-0.3, -0.25) is 0 Å². The van der Waals surface area contributed by atoms with Gasteiger partial charge in [0, 0.05) is 0 Å². The Balaban J connectivity index is 2.88. The van der Waals surface area contributed by atoms with Crippen LogP contribution in [0.2, 0.25) is 0 Å². The number of hydrogen-bond donors (Lipinski definition) is 1. The molecule has 0 aliphatic carbocycles. The fourth-order valence-corrected chi connectivity index (χ4v) is 2.01. The summed E-state index contributed by atoms with van der Waals surface area (Å²) in [4.78, 5) is 0. The van der Waals surface area contributed by atoms with E-state index in [1.54, 1.807) is 0 Å². The van der Waals surface area contributed by atoms with Gasteiger partial charge in [-0.25, -0.2) is 0 Å². The van der Waals surface area contributed by atoms with Gasteiger partial charge in [-0.2, -0.15) is 0 Å². The molecule has 0 saturated carbocycles. The van der Waals surface area contributed by atoms with E-state index in [0.717, 1.165) is 19.4 Å². The predicted octanol–water partition coefficient (Wildman–Crippen LogP) is 1.14. The van der Waals surface area contributed by atoms with Crippen LogP contribution in [0.3, 0.4) is 0 Å². The monoisotopic (exact) mass is 208 g/mol. The van der Waals surface area contributed by atoms with Gasteiger partial charge < -0.3 is 0 Å². The number of hydrogen-bond acceptors (Lipinski definition) is 2. The Hall–Kier alpha value is 0.803. The van der Waals surface area contributed by atoms with E-state index in [1.807, 2.05) is 6.92 Å².